The first-order valence-corrected chi connectivity index (χ1v) is 9.87. The van der Waals surface area contributed by atoms with E-state index in [9.17, 15) is 9.59 Å². The Bertz CT molecular complexity index is 883. The molecule has 0 N–H and O–H groups in total. The molecule has 6 nitrogen and oxygen atoms in total. The number of rotatable bonds is 7. The number of fused-ring (bicyclic) bond motifs is 1. The number of anilines is 1. The minimum absolute atomic E-state index is 0.00294. The Hall–Kier alpha value is -3.02. The highest BCUT2D eigenvalue weighted by Crippen LogP contribution is 2.33. The Kier molecular flexibility index (Phi) is 6.42. The van der Waals surface area contributed by atoms with Gasteiger partial charge < -0.3 is 19.3 Å². The summed E-state index contributed by atoms with van der Waals surface area (Å²) in [6.45, 7) is 4.07. The maximum atomic E-state index is 12.8. The molecule has 0 radical (unpaired) electrons. The van der Waals surface area contributed by atoms with Crippen molar-refractivity contribution in [3.05, 3.63) is 54.1 Å². The predicted molar refractivity (Wildman–Crippen MR) is 112 cm³/mol. The molecule has 0 saturated carbocycles. The lowest BCUT2D eigenvalue weighted by Gasteiger charge is -2.33. The van der Waals surface area contributed by atoms with Gasteiger partial charge in [0.25, 0.3) is 5.91 Å². The van der Waals surface area contributed by atoms with Crippen LogP contribution < -0.4 is 14.4 Å². The zero-order chi connectivity index (χ0) is 21.0. The second-order valence-electron chi connectivity index (χ2n) is 7.34. The van der Waals surface area contributed by atoms with Gasteiger partial charge in [-0.1, -0.05) is 30.3 Å². The van der Waals surface area contributed by atoms with Crippen molar-refractivity contribution in [3.8, 4) is 11.5 Å². The summed E-state index contributed by atoms with van der Waals surface area (Å²) in [5.41, 5.74) is 1.78. The lowest BCUT2D eigenvalue weighted by molar-refractivity contribution is -0.131. The number of hydrogen-bond donors (Lipinski definition) is 0. The number of benzene rings is 2. The average Bonchev–Trinajstić information content (AvgIpc) is 2.73. The van der Waals surface area contributed by atoms with Gasteiger partial charge in [0.15, 0.2) is 6.10 Å². The smallest absolute Gasteiger partial charge is 0.267 e. The van der Waals surface area contributed by atoms with Gasteiger partial charge in [-0.3, -0.25) is 9.59 Å². The molecular formula is C23H28N2O4. The third-order valence-corrected chi connectivity index (χ3v) is 5.39. The van der Waals surface area contributed by atoms with Gasteiger partial charge in [-0.25, -0.2) is 0 Å². The Balaban J connectivity index is 1.63. The number of amides is 2. The van der Waals surface area contributed by atoms with E-state index in [1.165, 1.54) is 0 Å². The molecule has 6 heteroatoms. The summed E-state index contributed by atoms with van der Waals surface area (Å²) in [5.74, 6) is 1.37. The molecule has 29 heavy (non-hydrogen) atoms. The summed E-state index contributed by atoms with van der Waals surface area (Å²) in [5, 5.41) is 0. The molecule has 2 amide bonds. The number of hydrogen-bond acceptors (Lipinski definition) is 4. The number of carbonyl (C=O) groups excluding carboxylic acids is 2. The monoisotopic (exact) mass is 396 g/mol. The van der Waals surface area contributed by atoms with Gasteiger partial charge in [0.05, 0.1) is 12.8 Å². The summed E-state index contributed by atoms with van der Waals surface area (Å²) >= 11 is 0. The predicted octanol–water partition coefficient (Wildman–Crippen LogP) is 3.29. The molecule has 2 aromatic carbocycles. The Labute approximate surface area is 172 Å². The number of para-hydroxylation sites is 3. The van der Waals surface area contributed by atoms with Gasteiger partial charge in [-0.05, 0) is 44.0 Å². The molecule has 2 unspecified atom stereocenters. The lowest BCUT2D eigenvalue weighted by atomic mass is 10.0. The van der Waals surface area contributed by atoms with E-state index < -0.39 is 6.10 Å². The molecule has 1 aliphatic rings. The van der Waals surface area contributed by atoms with Gasteiger partial charge in [-0.15, -0.1) is 0 Å². The Morgan fingerprint density at radius 3 is 2.66 bits per heavy atom. The van der Waals surface area contributed by atoms with E-state index in [1.807, 2.05) is 55.5 Å². The molecule has 3 rings (SSSR count). The van der Waals surface area contributed by atoms with Gasteiger partial charge in [0.1, 0.15) is 11.5 Å². The highest BCUT2D eigenvalue weighted by atomic mass is 16.5. The van der Waals surface area contributed by atoms with Crippen molar-refractivity contribution in [3.63, 3.8) is 0 Å². The molecule has 0 saturated heterocycles. The molecule has 0 bridgehead atoms. The first-order valence-electron chi connectivity index (χ1n) is 9.87. The summed E-state index contributed by atoms with van der Waals surface area (Å²) < 4.78 is 11.1. The van der Waals surface area contributed by atoms with Crippen LogP contribution in [0.5, 0.6) is 11.5 Å². The molecule has 2 atom stereocenters. The lowest BCUT2D eigenvalue weighted by Crippen LogP contribution is -2.46. The highest BCUT2D eigenvalue weighted by Gasteiger charge is 2.31. The minimum Gasteiger partial charge on any atom is -0.496 e. The molecular weight excluding hydrogens is 368 g/mol. The van der Waals surface area contributed by atoms with Crippen LogP contribution in [0.2, 0.25) is 0 Å². The van der Waals surface area contributed by atoms with Gasteiger partial charge in [-0.2, -0.15) is 0 Å². The van der Waals surface area contributed by atoms with Crippen LogP contribution in [0.1, 0.15) is 25.8 Å². The molecule has 154 valence electrons. The zero-order valence-corrected chi connectivity index (χ0v) is 17.4. The minimum atomic E-state index is -0.554. The summed E-state index contributed by atoms with van der Waals surface area (Å²) in [7, 11) is 3.46. The SMILES string of the molecule is COc1ccccc1CC(C)N(C)C(=O)CCN1C(=O)C(C)Oc2ccccc21. The second kappa shape index (κ2) is 8.99. The Morgan fingerprint density at radius 2 is 1.90 bits per heavy atom. The standard InChI is InChI=1S/C23H28N2O4/c1-16(15-18-9-5-7-11-20(18)28-4)24(3)22(26)13-14-25-19-10-6-8-12-21(19)29-17(2)23(25)27/h5-12,16-17H,13-15H2,1-4H3. The first kappa shape index (κ1) is 20.7. The third-order valence-electron chi connectivity index (χ3n) is 5.39. The topological polar surface area (TPSA) is 59.1 Å². The summed E-state index contributed by atoms with van der Waals surface area (Å²) in [6.07, 6.45) is 0.393. The maximum Gasteiger partial charge on any atom is 0.267 e. The van der Waals surface area contributed by atoms with Crippen molar-refractivity contribution in [2.24, 2.45) is 0 Å². The number of nitrogens with zero attached hydrogens (tertiary/aromatic N) is 2. The van der Waals surface area contributed by atoms with Crippen LogP contribution in [0.25, 0.3) is 0 Å². The molecule has 0 aromatic heterocycles. The number of ether oxygens (including phenoxy) is 2. The normalized spacial score (nSPS) is 16.6. The maximum absolute atomic E-state index is 12.8. The van der Waals surface area contributed by atoms with Crippen molar-refractivity contribution in [2.45, 2.75) is 38.8 Å². The molecule has 0 spiro atoms. The number of likely N-dealkylation sites (N-methyl/N-ethyl adjacent to an activating group) is 1. The quantitative estimate of drug-likeness (QED) is 0.721. The van der Waals surface area contributed by atoms with Crippen LogP contribution in [0, 0.1) is 0 Å². The largest absolute Gasteiger partial charge is 0.496 e. The van der Waals surface area contributed by atoms with Gasteiger partial charge in [0.2, 0.25) is 5.91 Å². The molecule has 0 aliphatic carbocycles. The molecule has 2 aromatic rings. The van der Waals surface area contributed by atoms with Gasteiger partial charge in [0, 0.05) is 26.1 Å². The molecule has 1 heterocycles. The number of methoxy groups -OCH3 is 1. The molecule has 1 aliphatic heterocycles. The van der Waals surface area contributed by atoms with Crippen molar-refractivity contribution in [1.82, 2.24) is 4.90 Å². The van der Waals surface area contributed by atoms with Crippen molar-refractivity contribution >= 4 is 17.5 Å². The van der Waals surface area contributed by atoms with Crippen LogP contribution in [0.15, 0.2) is 48.5 Å². The fraction of sp³-hybridized carbons (Fsp3) is 0.391. The van der Waals surface area contributed by atoms with Crippen LogP contribution in [-0.4, -0.2) is 49.6 Å². The zero-order valence-electron chi connectivity index (χ0n) is 17.4. The van der Waals surface area contributed by atoms with E-state index in [2.05, 4.69) is 0 Å². The summed E-state index contributed by atoms with van der Waals surface area (Å²) in [6, 6.07) is 15.3. The highest BCUT2D eigenvalue weighted by molar-refractivity contribution is 6.00. The average molecular weight is 396 g/mol. The molecule has 0 fully saturated rings. The van der Waals surface area contributed by atoms with E-state index in [0.29, 0.717) is 24.4 Å². The van der Waals surface area contributed by atoms with Crippen LogP contribution in [-0.2, 0) is 16.0 Å². The van der Waals surface area contributed by atoms with Crippen molar-refractivity contribution < 1.29 is 19.1 Å². The third kappa shape index (κ3) is 4.53. The van der Waals surface area contributed by atoms with Crippen molar-refractivity contribution in [2.75, 3.05) is 25.6 Å². The van der Waals surface area contributed by atoms with Crippen LogP contribution in [0.3, 0.4) is 0 Å². The van der Waals surface area contributed by atoms with Gasteiger partial charge >= 0.3 is 0 Å². The Morgan fingerprint density at radius 1 is 1.21 bits per heavy atom. The first-order chi connectivity index (χ1) is 13.9. The number of carbonyl (C=O) groups is 2. The second-order valence-corrected chi connectivity index (χ2v) is 7.34. The van der Waals surface area contributed by atoms with E-state index in [0.717, 1.165) is 11.3 Å². The van der Waals surface area contributed by atoms with E-state index in [1.54, 1.807) is 30.9 Å². The van der Waals surface area contributed by atoms with E-state index >= 15 is 0 Å². The summed E-state index contributed by atoms with van der Waals surface area (Å²) in [4.78, 5) is 28.8. The fourth-order valence-corrected chi connectivity index (χ4v) is 3.55. The van der Waals surface area contributed by atoms with Crippen LogP contribution in [0.4, 0.5) is 5.69 Å². The van der Waals surface area contributed by atoms with Crippen molar-refractivity contribution in [1.29, 1.82) is 0 Å². The van der Waals surface area contributed by atoms with E-state index in [-0.39, 0.29) is 24.3 Å². The van der Waals surface area contributed by atoms with Crippen LogP contribution >= 0.6 is 0 Å². The van der Waals surface area contributed by atoms with E-state index in [4.69, 9.17) is 9.47 Å². The fourth-order valence-electron chi connectivity index (χ4n) is 3.55.